The fourth-order valence-corrected chi connectivity index (χ4v) is 3.35. The smallest absolute Gasteiger partial charge is 0.128 e. The van der Waals surface area contributed by atoms with E-state index in [2.05, 4.69) is 36.6 Å². The normalized spacial score (nSPS) is 12.4. The maximum atomic E-state index is 14.2. The highest BCUT2D eigenvalue weighted by atomic mass is 32.2. The summed E-state index contributed by atoms with van der Waals surface area (Å²) in [6.07, 6.45) is 0. The van der Waals surface area contributed by atoms with Gasteiger partial charge in [0.25, 0.3) is 0 Å². The van der Waals surface area contributed by atoms with E-state index < -0.39 is 0 Å². The van der Waals surface area contributed by atoms with E-state index >= 15 is 0 Å². The largest absolute Gasteiger partial charge is 0.271 e. The van der Waals surface area contributed by atoms with E-state index in [1.165, 1.54) is 5.56 Å². The third-order valence-electron chi connectivity index (χ3n) is 3.47. The zero-order chi connectivity index (χ0) is 15.4. The van der Waals surface area contributed by atoms with Crippen LogP contribution in [-0.4, -0.2) is 5.75 Å². The molecule has 3 N–H and O–H groups in total. The predicted octanol–water partition coefficient (Wildman–Crippen LogP) is 4.05. The van der Waals surface area contributed by atoms with Gasteiger partial charge in [-0.05, 0) is 50.1 Å². The van der Waals surface area contributed by atoms with Crippen molar-refractivity contribution in [2.75, 3.05) is 5.75 Å². The standard InChI is InChI=1S/C17H21FN2S/c1-11-4-6-14(7-5-11)21-10-16(20-19)17-13(3)8-12(2)9-15(17)18/h4-9,16,20H,10,19H2,1-3H3. The lowest BCUT2D eigenvalue weighted by atomic mass is 10.00. The molecule has 0 bridgehead atoms. The zero-order valence-electron chi connectivity index (χ0n) is 12.6. The van der Waals surface area contributed by atoms with Gasteiger partial charge < -0.3 is 0 Å². The summed E-state index contributed by atoms with van der Waals surface area (Å²) >= 11 is 1.67. The van der Waals surface area contributed by atoms with Gasteiger partial charge in [0.15, 0.2) is 0 Å². The SMILES string of the molecule is Cc1ccc(SCC(NN)c2c(C)cc(C)cc2F)cc1. The summed E-state index contributed by atoms with van der Waals surface area (Å²) in [6, 6.07) is 11.6. The minimum atomic E-state index is -0.211. The van der Waals surface area contributed by atoms with Crippen LogP contribution in [0.4, 0.5) is 4.39 Å². The molecule has 2 nitrogen and oxygen atoms in total. The Balaban J connectivity index is 2.15. The minimum absolute atomic E-state index is 0.194. The highest BCUT2D eigenvalue weighted by Gasteiger charge is 2.17. The van der Waals surface area contributed by atoms with Crippen LogP contribution in [0.2, 0.25) is 0 Å². The van der Waals surface area contributed by atoms with Crippen molar-refractivity contribution in [1.29, 1.82) is 0 Å². The number of nitrogens with two attached hydrogens (primary N) is 1. The topological polar surface area (TPSA) is 38.0 Å². The van der Waals surface area contributed by atoms with Crippen LogP contribution >= 0.6 is 11.8 Å². The molecule has 0 heterocycles. The number of hydrogen-bond donors (Lipinski definition) is 2. The fraction of sp³-hybridized carbons (Fsp3) is 0.294. The van der Waals surface area contributed by atoms with Crippen LogP contribution in [0.25, 0.3) is 0 Å². The predicted molar refractivity (Wildman–Crippen MR) is 87.8 cm³/mol. The molecule has 0 saturated carbocycles. The fourth-order valence-electron chi connectivity index (χ4n) is 2.40. The third-order valence-corrected chi connectivity index (χ3v) is 4.57. The molecule has 0 aliphatic rings. The van der Waals surface area contributed by atoms with Crippen molar-refractivity contribution in [1.82, 2.24) is 5.43 Å². The van der Waals surface area contributed by atoms with E-state index in [9.17, 15) is 4.39 Å². The summed E-state index contributed by atoms with van der Waals surface area (Å²) in [5.74, 6) is 6.13. The summed E-state index contributed by atoms with van der Waals surface area (Å²) in [6.45, 7) is 5.88. The maximum absolute atomic E-state index is 14.2. The Morgan fingerprint density at radius 3 is 2.33 bits per heavy atom. The van der Waals surface area contributed by atoms with Gasteiger partial charge in [-0.2, -0.15) is 0 Å². The van der Waals surface area contributed by atoms with Crippen LogP contribution in [0.5, 0.6) is 0 Å². The highest BCUT2D eigenvalue weighted by Crippen LogP contribution is 2.28. The molecule has 0 aliphatic carbocycles. The maximum Gasteiger partial charge on any atom is 0.128 e. The molecule has 0 aliphatic heterocycles. The van der Waals surface area contributed by atoms with E-state index in [1.54, 1.807) is 17.8 Å². The Morgan fingerprint density at radius 1 is 1.10 bits per heavy atom. The van der Waals surface area contributed by atoms with Gasteiger partial charge >= 0.3 is 0 Å². The van der Waals surface area contributed by atoms with Gasteiger partial charge in [0.05, 0.1) is 6.04 Å². The quantitative estimate of drug-likeness (QED) is 0.497. The van der Waals surface area contributed by atoms with E-state index in [4.69, 9.17) is 5.84 Å². The first-order valence-electron chi connectivity index (χ1n) is 6.93. The van der Waals surface area contributed by atoms with Crippen LogP contribution in [0.3, 0.4) is 0 Å². The molecule has 0 spiro atoms. The minimum Gasteiger partial charge on any atom is -0.271 e. The number of aryl methyl sites for hydroxylation is 3. The summed E-state index contributed by atoms with van der Waals surface area (Å²) in [5.41, 5.74) is 6.48. The number of benzene rings is 2. The number of rotatable bonds is 5. The number of thioether (sulfide) groups is 1. The molecule has 2 aromatic rings. The number of hydrogen-bond acceptors (Lipinski definition) is 3. The average Bonchev–Trinajstić information content (AvgIpc) is 2.43. The molecule has 2 aromatic carbocycles. The Kier molecular flexibility index (Phi) is 5.39. The van der Waals surface area contributed by atoms with Crippen LogP contribution in [0.1, 0.15) is 28.3 Å². The second kappa shape index (κ2) is 7.07. The van der Waals surface area contributed by atoms with Crippen LogP contribution in [-0.2, 0) is 0 Å². The lowest BCUT2D eigenvalue weighted by molar-refractivity contribution is 0.542. The van der Waals surface area contributed by atoms with Crippen LogP contribution in [0.15, 0.2) is 41.3 Å². The van der Waals surface area contributed by atoms with Crippen molar-refractivity contribution >= 4 is 11.8 Å². The van der Waals surface area contributed by atoms with Gasteiger partial charge in [-0.15, -0.1) is 11.8 Å². The molecule has 1 unspecified atom stereocenters. The van der Waals surface area contributed by atoms with Crippen molar-refractivity contribution in [3.63, 3.8) is 0 Å². The molecule has 2 rings (SSSR count). The van der Waals surface area contributed by atoms with Gasteiger partial charge in [0, 0.05) is 16.2 Å². The molecule has 1 atom stereocenters. The van der Waals surface area contributed by atoms with Crippen molar-refractivity contribution < 1.29 is 4.39 Å². The number of halogens is 1. The second-order valence-corrected chi connectivity index (χ2v) is 6.41. The highest BCUT2D eigenvalue weighted by molar-refractivity contribution is 7.99. The molecule has 0 fully saturated rings. The van der Waals surface area contributed by atoms with Gasteiger partial charge in [0.2, 0.25) is 0 Å². The van der Waals surface area contributed by atoms with Gasteiger partial charge in [-0.25, -0.2) is 4.39 Å². The molecule has 0 saturated heterocycles. The Labute approximate surface area is 129 Å². The zero-order valence-corrected chi connectivity index (χ0v) is 13.4. The van der Waals surface area contributed by atoms with Crippen molar-refractivity contribution in [2.24, 2.45) is 5.84 Å². The summed E-state index contributed by atoms with van der Waals surface area (Å²) < 4.78 is 14.2. The van der Waals surface area contributed by atoms with Crippen molar-refractivity contribution in [3.8, 4) is 0 Å². The first kappa shape index (κ1) is 16.0. The first-order valence-corrected chi connectivity index (χ1v) is 7.92. The molecule has 21 heavy (non-hydrogen) atoms. The average molecular weight is 304 g/mol. The lowest BCUT2D eigenvalue weighted by Gasteiger charge is -2.19. The number of hydrazine groups is 1. The Morgan fingerprint density at radius 2 is 1.76 bits per heavy atom. The summed E-state index contributed by atoms with van der Waals surface area (Å²) in [4.78, 5) is 1.16. The first-order chi connectivity index (χ1) is 10.0. The van der Waals surface area contributed by atoms with Crippen molar-refractivity contribution in [2.45, 2.75) is 31.7 Å². The Bertz CT molecular complexity index is 588. The molecule has 112 valence electrons. The molecule has 0 amide bonds. The number of nitrogens with one attached hydrogen (secondary N) is 1. The van der Waals surface area contributed by atoms with E-state index in [1.807, 2.05) is 19.9 Å². The monoisotopic (exact) mass is 304 g/mol. The van der Waals surface area contributed by atoms with E-state index in [0.29, 0.717) is 11.3 Å². The molecule has 0 radical (unpaired) electrons. The molecular formula is C17H21FN2S. The Hall–Kier alpha value is -1.36. The lowest BCUT2D eigenvalue weighted by Crippen LogP contribution is -2.31. The van der Waals surface area contributed by atoms with E-state index in [-0.39, 0.29) is 11.9 Å². The summed E-state index contributed by atoms with van der Waals surface area (Å²) in [7, 11) is 0. The molecule has 0 aromatic heterocycles. The van der Waals surface area contributed by atoms with Crippen LogP contribution in [0, 0.1) is 26.6 Å². The third kappa shape index (κ3) is 4.06. The van der Waals surface area contributed by atoms with Gasteiger partial charge in [-0.1, -0.05) is 23.8 Å². The van der Waals surface area contributed by atoms with Crippen molar-refractivity contribution in [3.05, 3.63) is 64.5 Å². The summed E-state index contributed by atoms with van der Waals surface area (Å²) in [5, 5.41) is 0. The molecular weight excluding hydrogens is 283 g/mol. The van der Waals surface area contributed by atoms with Gasteiger partial charge in [-0.3, -0.25) is 11.3 Å². The van der Waals surface area contributed by atoms with Gasteiger partial charge in [0.1, 0.15) is 5.82 Å². The molecule has 4 heteroatoms. The van der Waals surface area contributed by atoms with E-state index in [0.717, 1.165) is 16.0 Å². The second-order valence-electron chi connectivity index (χ2n) is 5.32. The van der Waals surface area contributed by atoms with Crippen LogP contribution < -0.4 is 11.3 Å².